The van der Waals surface area contributed by atoms with Gasteiger partial charge in [0.25, 0.3) is 0 Å². The van der Waals surface area contributed by atoms with Crippen molar-refractivity contribution in [2.45, 2.75) is 64.8 Å². The Kier molecular flexibility index (Phi) is 4.39. The number of hydrogen-bond donors (Lipinski definition) is 0. The molecule has 2 heteroatoms. The van der Waals surface area contributed by atoms with Crippen molar-refractivity contribution in [3.05, 3.63) is 11.6 Å². The molecule has 0 saturated carbocycles. The summed E-state index contributed by atoms with van der Waals surface area (Å²) in [7, 11) is -1.36. The molecule has 0 amide bonds. The third-order valence-corrected chi connectivity index (χ3v) is 8.30. The minimum Gasteiger partial charge on any atom is -0.411 e. The fourth-order valence-corrected chi connectivity index (χ4v) is 5.10. The third kappa shape index (κ3) is 2.70. The first-order chi connectivity index (χ1) is 6.65. The van der Waals surface area contributed by atoms with Crippen LogP contribution in [-0.2, 0) is 4.43 Å². The molecule has 14 heavy (non-hydrogen) atoms. The van der Waals surface area contributed by atoms with Gasteiger partial charge in [0.05, 0.1) is 6.10 Å². The van der Waals surface area contributed by atoms with E-state index < -0.39 is 8.32 Å². The van der Waals surface area contributed by atoms with E-state index >= 15 is 0 Å². The molecule has 0 bridgehead atoms. The maximum Gasteiger partial charge on any atom is 0.192 e. The molecule has 1 rings (SSSR count). The maximum atomic E-state index is 6.38. The number of hydrogen-bond acceptors (Lipinski definition) is 1. The minimum absolute atomic E-state index is 0.446. The first kappa shape index (κ1) is 12.0. The van der Waals surface area contributed by atoms with Crippen LogP contribution >= 0.6 is 0 Å². The second-order valence-electron chi connectivity index (χ2n) is 4.45. The molecule has 1 nitrogen and oxygen atoms in total. The first-order valence-corrected chi connectivity index (χ1v) is 8.54. The second-order valence-corrected chi connectivity index (χ2v) is 9.17. The van der Waals surface area contributed by atoms with Gasteiger partial charge in [-0.15, -0.1) is 0 Å². The first-order valence-electron chi connectivity index (χ1n) is 6.01. The minimum atomic E-state index is -1.36. The van der Waals surface area contributed by atoms with Crippen molar-refractivity contribution < 1.29 is 4.43 Å². The quantitative estimate of drug-likeness (QED) is 0.492. The topological polar surface area (TPSA) is 9.23 Å². The highest BCUT2D eigenvalue weighted by Gasteiger charge is 2.32. The lowest BCUT2D eigenvalue weighted by atomic mass is 10.3. The van der Waals surface area contributed by atoms with Gasteiger partial charge in [-0.05, 0) is 37.9 Å². The summed E-state index contributed by atoms with van der Waals surface area (Å²) in [6.45, 7) is 9.11. The van der Waals surface area contributed by atoms with E-state index in [1.165, 1.54) is 36.5 Å². The van der Waals surface area contributed by atoms with Gasteiger partial charge in [-0.2, -0.15) is 0 Å². The van der Waals surface area contributed by atoms with Crippen LogP contribution in [0.5, 0.6) is 0 Å². The predicted molar refractivity (Wildman–Crippen MR) is 65.1 cm³/mol. The average molecular weight is 212 g/mol. The Morgan fingerprint density at radius 1 is 1.29 bits per heavy atom. The van der Waals surface area contributed by atoms with Gasteiger partial charge in [0.15, 0.2) is 8.32 Å². The van der Waals surface area contributed by atoms with Crippen LogP contribution in [0.15, 0.2) is 11.6 Å². The van der Waals surface area contributed by atoms with Gasteiger partial charge >= 0.3 is 0 Å². The number of allylic oxidation sites excluding steroid dienone is 1. The van der Waals surface area contributed by atoms with Gasteiger partial charge < -0.3 is 4.43 Å². The van der Waals surface area contributed by atoms with Crippen LogP contribution < -0.4 is 0 Å². The molecule has 0 aromatic carbocycles. The molecule has 0 N–H and O–H groups in total. The van der Waals surface area contributed by atoms with E-state index in [4.69, 9.17) is 4.43 Å². The smallest absolute Gasteiger partial charge is 0.192 e. The van der Waals surface area contributed by atoms with E-state index in [2.05, 4.69) is 33.8 Å². The van der Waals surface area contributed by atoms with Crippen molar-refractivity contribution in [1.29, 1.82) is 0 Å². The Morgan fingerprint density at radius 2 is 1.86 bits per heavy atom. The fraction of sp³-hybridized carbons (Fsp3) is 0.833. The summed E-state index contributed by atoms with van der Waals surface area (Å²) in [5, 5.41) is 0. The van der Waals surface area contributed by atoms with Crippen molar-refractivity contribution in [3.63, 3.8) is 0 Å². The molecule has 82 valence electrons. The molecule has 1 atom stereocenters. The third-order valence-electron chi connectivity index (χ3n) is 3.63. The van der Waals surface area contributed by atoms with Crippen LogP contribution in [0.25, 0.3) is 0 Å². The van der Waals surface area contributed by atoms with E-state index in [1.807, 2.05) is 0 Å². The zero-order chi connectivity index (χ0) is 10.6. The van der Waals surface area contributed by atoms with E-state index in [9.17, 15) is 0 Å². The lowest BCUT2D eigenvalue weighted by molar-refractivity contribution is 0.232. The van der Waals surface area contributed by atoms with Gasteiger partial charge in [0.1, 0.15) is 0 Å². The van der Waals surface area contributed by atoms with Gasteiger partial charge in [0, 0.05) is 0 Å². The Morgan fingerprint density at radius 3 is 2.21 bits per heavy atom. The van der Waals surface area contributed by atoms with Crippen LogP contribution in [0, 0.1) is 0 Å². The highest BCUT2D eigenvalue weighted by molar-refractivity contribution is 6.73. The molecule has 0 saturated heterocycles. The summed E-state index contributed by atoms with van der Waals surface area (Å²) in [5.41, 5.74) is 1.52. The maximum absolute atomic E-state index is 6.38. The van der Waals surface area contributed by atoms with E-state index in [1.54, 1.807) is 0 Å². The average Bonchev–Trinajstić information content (AvgIpc) is 2.61. The van der Waals surface area contributed by atoms with Crippen LogP contribution in [0.4, 0.5) is 0 Å². The molecule has 0 radical (unpaired) electrons. The molecule has 0 unspecified atom stereocenters. The predicted octanol–water partition coefficient (Wildman–Crippen LogP) is 4.12. The lowest BCUT2D eigenvalue weighted by Gasteiger charge is -2.31. The Bertz CT molecular complexity index is 198. The largest absolute Gasteiger partial charge is 0.411 e. The fourth-order valence-electron chi connectivity index (χ4n) is 2.27. The second kappa shape index (κ2) is 5.13. The molecule has 0 spiro atoms. The van der Waals surface area contributed by atoms with Gasteiger partial charge in [-0.1, -0.05) is 32.4 Å². The van der Waals surface area contributed by atoms with Crippen molar-refractivity contribution in [2.75, 3.05) is 0 Å². The molecular formula is C12H24OSi. The zero-order valence-corrected chi connectivity index (χ0v) is 11.1. The van der Waals surface area contributed by atoms with Crippen LogP contribution in [0.2, 0.25) is 18.1 Å². The van der Waals surface area contributed by atoms with Crippen molar-refractivity contribution in [2.24, 2.45) is 0 Å². The van der Waals surface area contributed by atoms with Crippen LogP contribution in [-0.4, -0.2) is 14.4 Å². The van der Waals surface area contributed by atoms with E-state index in [-0.39, 0.29) is 0 Å². The summed E-state index contributed by atoms with van der Waals surface area (Å²) in [6, 6.07) is 3.80. The molecule has 0 aromatic rings. The molecule has 0 fully saturated rings. The van der Waals surface area contributed by atoms with Crippen LogP contribution in [0.1, 0.15) is 40.5 Å². The lowest BCUT2D eigenvalue weighted by Crippen LogP contribution is -2.38. The van der Waals surface area contributed by atoms with Gasteiger partial charge in [-0.25, -0.2) is 0 Å². The summed E-state index contributed by atoms with van der Waals surface area (Å²) >= 11 is 0. The molecule has 0 aliphatic heterocycles. The molecule has 0 heterocycles. The summed E-state index contributed by atoms with van der Waals surface area (Å²) in [4.78, 5) is 0. The van der Waals surface area contributed by atoms with E-state index in [0.717, 1.165) is 0 Å². The molecular weight excluding hydrogens is 188 g/mol. The Hall–Kier alpha value is -0.0831. The van der Waals surface area contributed by atoms with Crippen molar-refractivity contribution in [3.8, 4) is 0 Å². The standard InChI is InChI=1S/C12H24OSi/c1-5-14(6-2,7-3)13-12-9-8-11(4)10-12/h10,12H,5-9H2,1-4H3/t12-/m1/s1. The van der Waals surface area contributed by atoms with Crippen molar-refractivity contribution in [1.82, 2.24) is 0 Å². The highest BCUT2D eigenvalue weighted by atomic mass is 28.4. The monoisotopic (exact) mass is 212 g/mol. The normalized spacial score (nSPS) is 22.6. The SMILES string of the molecule is CC[Si](CC)(CC)O[C@H]1C=C(C)CC1. The van der Waals surface area contributed by atoms with Crippen LogP contribution in [0.3, 0.4) is 0 Å². The summed E-state index contributed by atoms with van der Waals surface area (Å²) < 4.78 is 6.38. The molecule has 1 aliphatic carbocycles. The van der Waals surface area contributed by atoms with E-state index in [0.29, 0.717) is 6.10 Å². The number of rotatable bonds is 5. The van der Waals surface area contributed by atoms with Crippen molar-refractivity contribution >= 4 is 8.32 Å². The Labute approximate surface area is 89.7 Å². The highest BCUT2D eigenvalue weighted by Crippen LogP contribution is 2.29. The zero-order valence-electron chi connectivity index (χ0n) is 10.1. The van der Waals surface area contributed by atoms with Gasteiger partial charge in [0.2, 0.25) is 0 Å². The molecule has 0 aromatic heterocycles. The Balaban J connectivity index is 2.56. The van der Waals surface area contributed by atoms with Gasteiger partial charge in [-0.3, -0.25) is 0 Å². The summed E-state index contributed by atoms with van der Waals surface area (Å²) in [6.07, 6.45) is 5.25. The molecule has 1 aliphatic rings. The summed E-state index contributed by atoms with van der Waals surface area (Å²) in [5.74, 6) is 0.